The minimum atomic E-state index is 0. The van der Waals surface area contributed by atoms with Crippen LogP contribution in [0.5, 0.6) is 0 Å². The van der Waals surface area contributed by atoms with E-state index in [1.165, 1.54) is 16.0 Å². The van der Waals surface area contributed by atoms with E-state index in [-0.39, 0.29) is 24.0 Å². The Hall–Kier alpha value is -1.94. The molecule has 1 aromatic carbocycles. The summed E-state index contributed by atoms with van der Waals surface area (Å²) >= 11 is 1.78. The van der Waals surface area contributed by atoms with Crippen LogP contribution in [0, 0.1) is 13.8 Å². The molecule has 0 saturated carbocycles. The van der Waals surface area contributed by atoms with Gasteiger partial charge in [0.15, 0.2) is 11.8 Å². The van der Waals surface area contributed by atoms with Gasteiger partial charge in [-0.2, -0.15) is 0 Å². The lowest BCUT2D eigenvalue weighted by Crippen LogP contribution is -2.40. The molecule has 0 fully saturated rings. The first-order chi connectivity index (χ1) is 14.0. The quantitative estimate of drug-likeness (QED) is 0.257. The molecule has 3 aromatic rings. The number of aryl methyl sites for hydroxylation is 2. The maximum atomic E-state index is 4.74. The van der Waals surface area contributed by atoms with E-state index in [1.807, 2.05) is 18.5 Å². The van der Waals surface area contributed by atoms with Crippen molar-refractivity contribution in [2.45, 2.75) is 39.7 Å². The summed E-state index contributed by atoms with van der Waals surface area (Å²) in [6.07, 6.45) is 0.981. The van der Waals surface area contributed by atoms with E-state index in [2.05, 4.69) is 76.5 Å². The molecule has 8 heteroatoms. The fourth-order valence-corrected chi connectivity index (χ4v) is 3.72. The summed E-state index contributed by atoms with van der Waals surface area (Å²) in [5.74, 6) is 2.94. The van der Waals surface area contributed by atoms with Crippen molar-refractivity contribution in [3.8, 4) is 0 Å². The first kappa shape index (κ1) is 24.3. The molecule has 2 heterocycles. The van der Waals surface area contributed by atoms with Gasteiger partial charge in [0.05, 0.1) is 0 Å². The van der Waals surface area contributed by atoms with Crippen molar-refractivity contribution in [1.29, 1.82) is 0 Å². The van der Waals surface area contributed by atoms with E-state index in [1.54, 1.807) is 11.3 Å². The first-order valence-electron chi connectivity index (χ1n) is 9.99. The van der Waals surface area contributed by atoms with Crippen LogP contribution in [0.1, 0.15) is 40.5 Å². The van der Waals surface area contributed by atoms with E-state index in [4.69, 9.17) is 4.99 Å². The molecule has 0 amide bonds. The first-order valence-corrected chi connectivity index (χ1v) is 10.9. The molecule has 162 valence electrons. The standard InChI is InChI=1S/C22H30N6S.HI/c1-16-7-5-8-19(13-16)17(2)14-24-22(23-11-10-20-9-6-12-29-20)25-15-21-27-26-18(3)28(21)4;/h5-9,12-13,17H,10-11,14-15H2,1-4H3,(H2,23,24,25);1H. The number of benzene rings is 1. The highest BCUT2D eigenvalue weighted by molar-refractivity contribution is 14.0. The van der Waals surface area contributed by atoms with Crippen molar-refractivity contribution in [2.24, 2.45) is 12.0 Å². The van der Waals surface area contributed by atoms with Gasteiger partial charge in [-0.05, 0) is 43.2 Å². The number of rotatable bonds is 8. The molecule has 0 aliphatic rings. The van der Waals surface area contributed by atoms with Crippen LogP contribution in [-0.4, -0.2) is 33.8 Å². The molecule has 0 saturated heterocycles. The summed E-state index contributed by atoms with van der Waals surface area (Å²) in [5.41, 5.74) is 2.62. The highest BCUT2D eigenvalue weighted by atomic mass is 127. The number of hydrogen-bond acceptors (Lipinski definition) is 4. The number of halogens is 1. The summed E-state index contributed by atoms with van der Waals surface area (Å²) in [7, 11) is 1.97. The Morgan fingerprint density at radius 1 is 1.17 bits per heavy atom. The molecule has 30 heavy (non-hydrogen) atoms. The van der Waals surface area contributed by atoms with Gasteiger partial charge in [0.25, 0.3) is 0 Å². The molecule has 2 aromatic heterocycles. The largest absolute Gasteiger partial charge is 0.356 e. The average Bonchev–Trinajstić information content (AvgIpc) is 3.34. The summed E-state index contributed by atoms with van der Waals surface area (Å²) in [5, 5.41) is 17.4. The van der Waals surface area contributed by atoms with Crippen LogP contribution in [0.4, 0.5) is 0 Å². The second kappa shape index (κ2) is 12.0. The number of guanidine groups is 1. The Morgan fingerprint density at radius 2 is 2.00 bits per heavy atom. The molecule has 0 radical (unpaired) electrons. The van der Waals surface area contributed by atoms with Gasteiger partial charge in [-0.15, -0.1) is 45.5 Å². The van der Waals surface area contributed by atoms with Crippen LogP contribution >= 0.6 is 35.3 Å². The molecule has 1 unspecified atom stereocenters. The minimum absolute atomic E-state index is 0. The zero-order chi connectivity index (χ0) is 20.6. The molecular formula is C22H31IN6S. The van der Waals surface area contributed by atoms with Crippen molar-refractivity contribution in [3.63, 3.8) is 0 Å². The average molecular weight is 539 g/mol. The Morgan fingerprint density at radius 3 is 2.67 bits per heavy atom. The highest BCUT2D eigenvalue weighted by Gasteiger charge is 2.09. The van der Waals surface area contributed by atoms with E-state index >= 15 is 0 Å². The molecule has 3 rings (SSSR count). The van der Waals surface area contributed by atoms with Crippen LogP contribution < -0.4 is 10.6 Å². The third kappa shape index (κ3) is 7.09. The molecule has 6 nitrogen and oxygen atoms in total. The van der Waals surface area contributed by atoms with E-state index in [0.29, 0.717) is 12.5 Å². The summed E-state index contributed by atoms with van der Waals surface area (Å²) in [6.45, 7) is 8.45. The fourth-order valence-electron chi connectivity index (χ4n) is 3.02. The third-order valence-electron chi connectivity index (χ3n) is 4.99. The maximum absolute atomic E-state index is 4.74. The van der Waals surface area contributed by atoms with Crippen molar-refractivity contribution in [2.75, 3.05) is 13.1 Å². The van der Waals surface area contributed by atoms with E-state index < -0.39 is 0 Å². The van der Waals surface area contributed by atoms with Gasteiger partial charge in [-0.25, -0.2) is 4.99 Å². The minimum Gasteiger partial charge on any atom is -0.356 e. The van der Waals surface area contributed by atoms with Crippen LogP contribution in [0.25, 0.3) is 0 Å². The Bertz CT molecular complexity index is 935. The Kier molecular flexibility index (Phi) is 9.77. The van der Waals surface area contributed by atoms with Crippen LogP contribution in [0.3, 0.4) is 0 Å². The third-order valence-corrected chi connectivity index (χ3v) is 5.93. The summed E-state index contributed by atoms with van der Waals surface area (Å²) in [4.78, 5) is 6.11. The maximum Gasteiger partial charge on any atom is 0.191 e. The summed E-state index contributed by atoms with van der Waals surface area (Å²) in [6, 6.07) is 12.9. The molecule has 0 bridgehead atoms. The number of thiophene rings is 1. The van der Waals surface area contributed by atoms with Gasteiger partial charge in [-0.1, -0.05) is 42.8 Å². The van der Waals surface area contributed by atoms with Crippen molar-refractivity contribution in [3.05, 3.63) is 69.4 Å². The molecule has 1 atom stereocenters. The van der Waals surface area contributed by atoms with Crippen LogP contribution in [0.15, 0.2) is 46.8 Å². The Labute approximate surface area is 200 Å². The summed E-state index contributed by atoms with van der Waals surface area (Å²) < 4.78 is 1.97. The number of aromatic nitrogens is 3. The molecule has 0 spiro atoms. The van der Waals surface area contributed by atoms with Gasteiger partial charge < -0.3 is 15.2 Å². The van der Waals surface area contributed by atoms with E-state index in [0.717, 1.165) is 37.1 Å². The van der Waals surface area contributed by atoms with Crippen LogP contribution in [-0.2, 0) is 20.0 Å². The predicted octanol–water partition coefficient (Wildman–Crippen LogP) is 4.19. The van der Waals surface area contributed by atoms with Gasteiger partial charge in [0.1, 0.15) is 12.4 Å². The second-order valence-corrected chi connectivity index (χ2v) is 8.37. The predicted molar refractivity (Wildman–Crippen MR) is 136 cm³/mol. The van der Waals surface area contributed by atoms with Gasteiger partial charge >= 0.3 is 0 Å². The zero-order valence-corrected chi connectivity index (χ0v) is 21.2. The van der Waals surface area contributed by atoms with Crippen molar-refractivity contribution >= 4 is 41.3 Å². The smallest absolute Gasteiger partial charge is 0.191 e. The monoisotopic (exact) mass is 538 g/mol. The molecular weight excluding hydrogens is 507 g/mol. The SMILES string of the molecule is Cc1cccc(C(C)CNC(=NCc2nnc(C)n2C)NCCc2cccs2)c1.I. The zero-order valence-electron chi connectivity index (χ0n) is 18.1. The highest BCUT2D eigenvalue weighted by Crippen LogP contribution is 2.15. The topological polar surface area (TPSA) is 67.1 Å². The van der Waals surface area contributed by atoms with Gasteiger partial charge in [0.2, 0.25) is 0 Å². The lowest BCUT2D eigenvalue weighted by Gasteiger charge is -2.17. The van der Waals surface area contributed by atoms with Gasteiger partial charge in [0, 0.05) is 25.0 Å². The van der Waals surface area contributed by atoms with Crippen LogP contribution in [0.2, 0.25) is 0 Å². The lowest BCUT2D eigenvalue weighted by atomic mass is 9.99. The second-order valence-electron chi connectivity index (χ2n) is 7.34. The lowest BCUT2D eigenvalue weighted by molar-refractivity contribution is 0.690. The number of hydrogen-bond donors (Lipinski definition) is 2. The Balaban J connectivity index is 0.00000320. The fraction of sp³-hybridized carbons (Fsp3) is 0.409. The van der Waals surface area contributed by atoms with Crippen molar-refractivity contribution < 1.29 is 0 Å². The number of nitrogens with zero attached hydrogens (tertiary/aromatic N) is 4. The van der Waals surface area contributed by atoms with Gasteiger partial charge in [-0.3, -0.25) is 0 Å². The number of nitrogens with one attached hydrogen (secondary N) is 2. The van der Waals surface area contributed by atoms with E-state index in [9.17, 15) is 0 Å². The number of aliphatic imine (C=N–C) groups is 1. The molecule has 2 N–H and O–H groups in total. The normalized spacial score (nSPS) is 12.3. The molecule has 0 aliphatic carbocycles. The van der Waals surface area contributed by atoms with Crippen molar-refractivity contribution in [1.82, 2.24) is 25.4 Å². The molecule has 0 aliphatic heterocycles.